The number of carbonyl (C=O) groups excluding carboxylic acids is 1. The third-order valence-corrected chi connectivity index (χ3v) is 6.47. The average molecular weight is 394 g/mol. The number of rotatable bonds is 5. The Hall–Kier alpha value is -2.05. The Morgan fingerprint density at radius 2 is 2.00 bits per heavy atom. The molecule has 2 aromatic rings. The van der Waals surface area contributed by atoms with Gasteiger partial charge in [-0.2, -0.15) is 0 Å². The summed E-state index contributed by atoms with van der Waals surface area (Å²) in [7, 11) is -1.62. The van der Waals surface area contributed by atoms with Gasteiger partial charge in [-0.05, 0) is 36.2 Å². The van der Waals surface area contributed by atoms with Crippen LogP contribution in [-0.4, -0.2) is 43.9 Å². The van der Waals surface area contributed by atoms with Crippen molar-refractivity contribution in [2.24, 2.45) is 0 Å². The smallest absolute Gasteiger partial charge is 0.258 e. The van der Waals surface area contributed by atoms with Crippen LogP contribution in [0.4, 0.5) is 0 Å². The van der Waals surface area contributed by atoms with E-state index in [1.807, 2.05) is 12.1 Å². The number of methoxy groups -OCH3 is 1. The summed E-state index contributed by atoms with van der Waals surface area (Å²) in [5, 5.41) is 0.575. The molecule has 0 unspecified atom stereocenters. The van der Waals surface area contributed by atoms with Gasteiger partial charge in [0.15, 0.2) is 9.84 Å². The van der Waals surface area contributed by atoms with E-state index in [0.717, 1.165) is 5.56 Å². The number of benzene rings is 2. The van der Waals surface area contributed by atoms with Crippen LogP contribution in [-0.2, 0) is 16.4 Å². The highest BCUT2D eigenvalue weighted by molar-refractivity contribution is 7.91. The van der Waals surface area contributed by atoms with Crippen molar-refractivity contribution in [2.75, 3.05) is 18.6 Å². The Balaban J connectivity index is 1.95. The molecule has 0 radical (unpaired) electrons. The summed E-state index contributed by atoms with van der Waals surface area (Å²) in [4.78, 5) is 14.8. The van der Waals surface area contributed by atoms with Crippen LogP contribution in [0, 0.1) is 0 Å². The van der Waals surface area contributed by atoms with Gasteiger partial charge in [-0.3, -0.25) is 4.79 Å². The first-order valence-corrected chi connectivity index (χ1v) is 10.5. The first kappa shape index (κ1) is 18.7. The lowest BCUT2D eigenvalue weighted by Gasteiger charge is -2.29. The Bertz CT molecular complexity index is 913. The highest BCUT2D eigenvalue weighted by Crippen LogP contribution is 2.26. The summed E-state index contributed by atoms with van der Waals surface area (Å²) in [5.41, 5.74) is 1.27. The van der Waals surface area contributed by atoms with Gasteiger partial charge < -0.3 is 9.64 Å². The third-order valence-electron chi connectivity index (χ3n) is 4.49. The molecule has 0 aliphatic carbocycles. The van der Waals surface area contributed by atoms with E-state index in [-0.39, 0.29) is 30.0 Å². The van der Waals surface area contributed by atoms with Crippen LogP contribution in [0.1, 0.15) is 22.3 Å². The Kier molecular flexibility index (Phi) is 5.53. The summed E-state index contributed by atoms with van der Waals surface area (Å²) in [6.07, 6.45) is 0.434. The van der Waals surface area contributed by atoms with Crippen LogP contribution in [0.25, 0.3) is 0 Å². The minimum absolute atomic E-state index is 0.0194. The van der Waals surface area contributed by atoms with E-state index in [0.29, 0.717) is 22.8 Å². The predicted octanol–water partition coefficient (Wildman–Crippen LogP) is 3.18. The number of amides is 1. The first-order chi connectivity index (χ1) is 12.4. The first-order valence-electron chi connectivity index (χ1n) is 8.28. The second-order valence-electron chi connectivity index (χ2n) is 6.32. The molecule has 1 fully saturated rings. The molecule has 1 aliphatic heterocycles. The fraction of sp³-hybridized carbons (Fsp3) is 0.316. The van der Waals surface area contributed by atoms with Crippen LogP contribution in [0.2, 0.25) is 5.02 Å². The maximum absolute atomic E-state index is 13.2. The molecule has 7 heteroatoms. The van der Waals surface area contributed by atoms with Crippen molar-refractivity contribution in [3.63, 3.8) is 0 Å². The molecule has 3 rings (SSSR count). The zero-order chi connectivity index (χ0) is 18.7. The minimum atomic E-state index is -3.12. The molecule has 0 bridgehead atoms. The lowest BCUT2D eigenvalue weighted by molar-refractivity contribution is 0.0677. The number of ether oxygens (including phenoxy) is 1. The van der Waals surface area contributed by atoms with Gasteiger partial charge in [0.2, 0.25) is 0 Å². The molecular weight excluding hydrogens is 374 g/mol. The van der Waals surface area contributed by atoms with Crippen molar-refractivity contribution >= 4 is 27.3 Å². The molecule has 5 nitrogen and oxygen atoms in total. The van der Waals surface area contributed by atoms with E-state index < -0.39 is 9.84 Å². The molecule has 1 saturated heterocycles. The highest BCUT2D eigenvalue weighted by atomic mass is 35.5. The van der Waals surface area contributed by atoms with E-state index in [4.69, 9.17) is 16.3 Å². The average Bonchev–Trinajstić information content (AvgIpc) is 2.98. The largest absolute Gasteiger partial charge is 0.496 e. The van der Waals surface area contributed by atoms with Crippen LogP contribution >= 0.6 is 11.6 Å². The predicted molar refractivity (Wildman–Crippen MR) is 101 cm³/mol. The van der Waals surface area contributed by atoms with E-state index in [9.17, 15) is 13.2 Å². The number of halogens is 1. The second kappa shape index (κ2) is 7.68. The number of carbonyl (C=O) groups is 1. The van der Waals surface area contributed by atoms with Gasteiger partial charge in [-0.15, -0.1) is 0 Å². The van der Waals surface area contributed by atoms with E-state index in [2.05, 4.69) is 0 Å². The lowest BCUT2D eigenvalue weighted by atomic mass is 10.1. The fourth-order valence-electron chi connectivity index (χ4n) is 3.20. The number of nitrogens with zero attached hydrogens (tertiary/aromatic N) is 1. The lowest BCUT2D eigenvalue weighted by Crippen LogP contribution is -2.40. The Labute approximate surface area is 158 Å². The van der Waals surface area contributed by atoms with E-state index in [1.54, 1.807) is 41.3 Å². The van der Waals surface area contributed by atoms with Gasteiger partial charge in [-0.1, -0.05) is 35.9 Å². The van der Waals surface area contributed by atoms with Crippen molar-refractivity contribution < 1.29 is 17.9 Å². The SMILES string of the molecule is COc1ccccc1C(=O)N(Cc1cccc(Cl)c1)[C@@H]1CCS(=O)(=O)C1. The molecular formula is C19H20ClNO4S. The molecule has 1 amide bonds. The second-order valence-corrected chi connectivity index (χ2v) is 8.99. The van der Waals surface area contributed by atoms with E-state index >= 15 is 0 Å². The quantitative estimate of drug-likeness (QED) is 0.782. The van der Waals surface area contributed by atoms with Crippen molar-refractivity contribution in [3.8, 4) is 5.75 Å². The monoisotopic (exact) mass is 393 g/mol. The summed E-state index contributed by atoms with van der Waals surface area (Å²) >= 11 is 6.06. The molecule has 1 heterocycles. The molecule has 1 aliphatic rings. The van der Waals surface area contributed by atoms with Crippen molar-refractivity contribution in [2.45, 2.75) is 19.0 Å². The molecule has 1 atom stereocenters. The summed E-state index contributed by atoms with van der Waals surface area (Å²) in [5.74, 6) is 0.302. The van der Waals surface area contributed by atoms with E-state index in [1.165, 1.54) is 7.11 Å². The maximum Gasteiger partial charge on any atom is 0.258 e. The minimum Gasteiger partial charge on any atom is -0.496 e. The summed E-state index contributed by atoms with van der Waals surface area (Å²) in [6.45, 7) is 0.289. The third kappa shape index (κ3) is 4.19. The van der Waals surface area contributed by atoms with Crippen LogP contribution in [0.5, 0.6) is 5.75 Å². The zero-order valence-corrected chi connectivity index (χ0v) is 16.0. The Morgan fingerprint density at radius 3 is 2.65 bits per heavy atom. The molecule has 2 aromatic carbocycles. The van der Waals surface area contributed by atoms with Gasteiger partial charge in [-0.25, -0.2) is 8.42 Å². The molecule has 26 heavy (non-hydrogen) atoms. The maximum atomic E-state index is 13.2. The summed E-state index contributed by atoms with van der Waals surface area (Å²) in [6, 6.07) is 13.8. The van der Waals surface area contributed by atoms with Gasteiger partial charge in [0.25, 0.3) is 5.91 Å². The van der Waals surface area contributed by atoms with Gasteiger partial charge in [0, 0.05) is 17.6 Å². The molecule has 138 valence electrons. The number of hydrogen-bond donors (Lipinski definition) is 0. The van der Waals surface area contributed by atoms with Crippen LogP contribution in [0.15, 0.2) is 48.5 Å². The highest BCUT2D eigenvalue weighted by Gasteiger charge is 2.35. The van der Waals surface area contributed by atoms with Crippen molar-refractivity contribution in [1.82, 2.24) is 4.90 Å². The molecule has 0 N–H and O–H groups in total. The zero-order valence-electron chi connectivity index (χ0n) is 14.4. The van der Waals surface area contributed by atoms with Gasteiger partial charge in [0.05, 0.1) is 24.2 Å². The van der Waals surface area contributed by atoms with Gasteiger partial charge in [0.1, 0.15) is 5.75 Å². The van der Waals surface area contributed by atoms with Crippen molar-refractivity contribution in [3.05, 3.63) is 64.7 Å². The van der Waals surface area contributed by atoms with Gasteiger partial charge >= 0.3 is 0 Å². The fourth-order valence-corrected chi connectivity index (χ4v) is 5.14. The normalized spacial score (nSPS) is 18.5. The summed E-state index contributed by atoms with van der Waals surface area (Å²) < 4.78 is 29.2. The van der Waals surface area contributed by atoms with Crippen LogP contribution < -0.4 is 4.74 Å². The number of hydrogen-bond acceptors (Lipinski definition) is 4. The van der Waals surface area contributed by atoms with Crippen molar-refractivity contribution in [1.29, 1.82) is 0 Å². The molecule has 0 spiro atoms. The molecule has 0 saturated carbocycles. The van der Waals surface area contributed by atoms with Crippen LogP contribution in [0.3, 0.4) is 0 Å². The Morgan fingerprint density at radius 1 is 1.23 bits per heavy atom. The molecule has 0 aromatic heterocycles. The standard InChI is InChI=1S/C19H20ClNO4S/c1-25-18-8-3-2-7-17(18)19(22)21(16-9-10-26(23,24)13-16)12-14-5-4-6-15(20)11-14/h2-8,11,16H,9-10,12-13H2,1H3/t16-/m1/s1. The number of sulfone groups is 1. The topological polar surface area (TPSA) is 63.7 Å². The number of para-hydroxylation sites is 1.